The summed E-state index contributed by atoms with van der Waals surface area (Å²) in [5.74, 6) is 0.628. The number of hydrogen-bond donors (Lipinski definition) is 0. The van der Waals surface area contributed by atoms with Gasteiger partial charge in [-0.05, 0) is 24.5 Å². The van der Waals surface area contributed by atoms with Crippen LogP contribution in [-0.2, 0) is 11.2 Å². The molecular weight excluding hydrogens is 314 g/mol. The van der Waals surface area contributed by atoms with E-state index in [9.17, 15) is 4.79 Å². The zero-order valence-electron chi connectivity index (χ0n) is 14.1. The smallest absolute Gasteiger partial charge is 0.222 e. The van der Waals surface area contributed by atoms with Crippen molar-refractivity contribution in [2.24, 2.45) is 0 Å². The summed E-state index contributed by atoms with van der Waals surface area (Å²) in [5, 5.41) is 8.92. The molecule has 1 fully saturated rings. The predicted molar refractivity (Wildman–Crippen MR) is 93.9 cm³/mol. The average Bonchev–Trinajstić information content (AvgIpc) is 3.11. The number of rotatable bonds is 6. The molecular formula is C20H21N3O2. The molecule has 25 heavy (non-hydrogen) atoms. The Morgan fingerprint density at radius 3 is 2.96 bits per heavy atom. The number of likely N-dealkylation sites (tertiary alicyclic amines) is 1. The van der Waals surface area contributed by atoms with E-state index in [-0.39, 0.29) is 12.0 Å². The molecule has 1 atom stereocenters. The van der Waals surface area contributed by atoms with E-state index in [0.717, 1.165) is 19.3 Å². The monoisotopic (exact) mass is 335 g/mol. The molecule has 128 valence electrons. The lowest BCUT2D eigenvalue weighted by Gasteiger charge is -2.17. The van der Waals surface area contributed by atoms with Gasteiger partial charge in [-0.25, -0.2) is 4.98 Å². The normalized spacial score (nSPS) is 16.4. The molecule has 0 saturated carbocycles. The topological polar surface area (TPSA) is 66.2 Å². The second-order valence-corrected chi connectivity index (χ2v) is 6.20. The van der Waals surface area contributed by atoms with E-state index in [1.807, 2.05) is 23.1 Å². The summed E-state index contributed by atoms with van der Waals surface area (Å²) in [5.41, 5.74) is 1.79. The highest BCUT2D eigenvalue weighted by molar-refractivity contribution is 5.76. The Morgan fingerprint density at radius 1 is 1.32 bits per heavy atom. The lowest BCUT2D eigenvalue weighted by Crippen LogP contribution is -2.30. The number of benzene rings is 1. The van der Waals surface area contributed by atoms with E-state index in [2.05, 4.69) is 23.2 Å². The first-order valence-corrected chi connectivity index (χ1v) is 8.59. The fourth-order valence-electron chi connectivity index (χ4n) is 3.01. The molecule has 1 aliphatic rings. The van der Waals surface area contributed by atoms with Crippen molar-refractivity contribution in [2.45, 2.75) is 31.8 Å². The van der Waals surface area contributed by atoms with Gasteiger partial charge in [0, 0.05) is 31.6 Å². The summed E-state index contributed by atoms with van der Waals surface area (Å²) in [6.07, 6.45) is 4.64. The first-order valence-electron chi connectivity index (χ1n) is 8.59. The minimum absolute atomic E-state index is 0.0560. The van der Waals surface area contributed by atoms with Crippen LogP contribution in [0.4, 0.5) is 0 Å². The van der Waals surface area contributed by atoms with Gasteiger partial charge in [0.2, 0.25) is 11.8 Å². The van der Waals surface area contributed by atoms with E-state index in [0.29, 0.717) is 31.0 Å². The maximum Gasteiger partial charge on any atom is 0.222 e. The number of hydrogen-bond acceptors (Lipinski definition) is 4. The number of carbonyl (C=O) groups excluding carboxylic acids is 1. The molecule has 0 bridgehead atoms. The van der Waals surface area contributed by atoms with E-state index >= 15 is 0 Å². The van der Waals surface area contributed by atoms with Crippen LogP contribution in [0.3, 0.4) is 0 Å². The molecule has 1 saturated heterocycles. The highest BCUT2D eigenvalue weighted by atomic mass is 16.5. The number of aryl methyl sites for hydroxylation is 1. The van der Waals surface area contributed by atoms with Gasteiger partial charge in [-0.15, -0.1) is 0 Å². The molecule has 0 aliphatic carbocycles. The molecule has 1 aromatic heterocycles. The number of amides is 1. The summed E-state index contributed by atoms with van der Waals surface area (Å²) in [6, 6.07) is 15.6. The maximum atomic E-state index is 12.3. The van der Waals surface area contributed by atoms with Crippen LogP contribution in [0.25, 0.3) is 0 Å². The summed E-state index contributed by atoms with van der Waals surface area (Å²) in [7, 11) is 0. The van der Waals surface area contributed by atoms with Crippen LogP contribution in [0, 0.1) is 11.3 Å². The first-order chi connectivity index (χ1) is 12.2. The Kier molecular flexibility index (Phi) is 5.63. The molecule has 0 spiro atoms. The van der Waals surface area contributed by atoms with Crippen molar-refractivity contribution in [1.29, 1.82) is 5.26 Å². The Morgan fingerprint density at radius 2 is 2.16 bits per heavy atom. The highest BCUT2D eigenvalue weighted by Crippen LogP contribution is 2.18. The summed E-state index contributed by atoms with van der Waals surface area (Å²) >= 11 is 0. The van der Waals surface area contributed by atoms with Gasteiger partial charge >= 0.3 is 0 Å². The predicted octanol–water partition coefficient (Wildman–Crippen LogP) is 2.96. The molecule has 5 heteroatoms. The molecule has 2 heterocycles. The number of pyridine rings is 1. The molecule has 1 amide bonds. The van der Waals surface area contributed by atoms with Crippen molar-refractivity contribution in [3.8, 4) is 11.9 Å². The molecule has 0 radical (unpaired) electrons. The van der Waals surface area contributed by atoms with E-state index < -0.39 is 0 Å². The van der Waals surface area contributed by atoms with Crippen LogP contribution < -0.4 is 4.74 Å². The van der Waals surface area contributed by atoms with Crippen molar-refractivity contribution < 1.29 is 9.53 Å². The summed E-state index contributed by atoms with van der Waals surface area (Å²) < 4.78 is 5.82. The van der Waals surface area contributed by atoms with Gasteiger partial charge in [0.15, 0.2) is 0 Å². The third-order valence-electron chi connectivity index (χ3n) is 4.35. The van der Waals surface area contributed by atoms with Gasteiger partial charge in [0.25, 0.3) is 0 Å². The van der Waals surface area contributed by atoms with Gasteiger partial charge in [-0.1, -0.05) is 30.3 Å². The van der Waals surface area contributed by atoms with E-state index in [1.165, 1.54) is 5.56 Å². The largest absolute Gasteiger partial charge is 0.472 e. The van der Waals surface area contributed by atoms with Crippen LogP contribution in [0.5, 0.6) is 5.88 Å². The maximum absolute atomic E-state index is 12.3. The van der Waals surface area contributed by atoms with Crippen molar-refractivity contribution in [3.05, 3.63) is 59.8 Å². The minimum Gasteiger partial charge on any atom is -0.472 e. The molecule has 1 aromatic carbocycles. The molecule has 0 N–H and O–H groups in total. The number of nitrogens with zero attached hydrogens (tertiary/aromatic N) is 3. The van der Waals surface area contributed by atoms with Gasteiger partial charge in [-0.3, -0.25) is 4.79 Å². The minimum atomic E-state index is -0.0560. The quantitative estimate of drug-likeness (QED) is 0.814. The second kappa shape index (κ2) is 8.29. The van der Waals surface area contributed by atoms with Crippen LogP contribution >= 0.6 is 0 Å². The van der Waals surface area contributed by atoms with Crippen molar-refractivity contribution in [2.75, 3.05) is 13.1 Å². The lowest BCUT2D eigenvalue weighted by atomic mass is 10.1. The Balaban J connectivity index is 1.44. The zero-order valence-corrected chi connectivity index (χ0v) is 14.1. The van der Waals surface area contributed by atoms with Crippen molar-refractivity contribution >= 4 is 5.91 Å². The molecule has 3 rings (SSSR count). The van der Waals surface area contributed by atoms with E-state index in [4.69, 9.17) is 10.00 Å². The van der Waals surface area contributed by atoms with Crippen LogP contribution in [0.2, 0.25) is 0 Å². The van der Waals surface area contributed by atoms with Gasteiger partial charge < -0.3 is 9.64 Å². The Labute approximate surface area is 147 Å². The van der Waals surface area contributed by atoms with Gasteiger partial charge in [0.1, 0.15) is 6.10 Å². The molecule has 1 aliphatic heterocycles. The van der Waals surface area contributed by atoms with Crippen molar-refractivity contribution in [1.82, 2.24) is 9.88 Å². The van der Waals surface area contributed by atoms with Crippen LogP contribution in [-0.4, -0.2) is 35.0 Å². The Hall–Kier alpha value is -2.87. The number of ether oxygens (including phenoxy) is 1. The number of aromatic nitrogens is 1. The standard InChI is InChI=1S/C20H21N3O2/c21-14-17-9-11-22-19(13-17)25-18-10-12-23(15-18)20(24)8-4-7-16-5-2-1-3-6-16/h1-3,5-6,9,11,13,18H,4,7-8,10,12,15H2. The fraction of sp³-hybridized carbons (Fsp3) is 0.350. The fourth-order valence-corrected chi connectivity index (χ4v) is 3.01. The number of nitriles is 1. The SMILES string of the molecule is N#Cc1ccnc(OC2CCN(C(=O)CCCc3ccccc3)C2)c1. The average molecular weight is 335 g/mol. The second-order valence-electron chi connectivity index (χ2n) is 6.20. The third kappa shape index (κ3) is 4.80. The third-order valence-corrected chi connectivity index (χ3v) is 4.35. The first kappa shape index (κ1) is 17.0. The molecule has 5 nitrogen and oxygen atoms in total. The molecule has 2 aromatic rings. The summed E-state index contributed by atoms with van der Waals surface area (Å²) in [6.45, 7) is 1.30. The van der Waals surface area contributed by atoms with E-state index in [1.54, 1.807) is 18.3 Å². The number of carbonyl (C=O) groups is 1. The zero-order chi connectivity index (χ0) is 17.5. The van der Waals surface area contributed by atoms with Crippen LogP contribution in [0.15, 0.2) is 48.7 Å². The van der Waals surface area contributed by atoms with Gasteiger partial charge in [0.05, 0.1) is 18.2 Å². The van der Waals surface area contributed by atoms with Crippen molar-refractivity contribution in [3.63, 3.8) is 0 Å². The lowest BCUT2D eigenvalue weighted by molar-refractivity contribution is -0.130. The highest BCUT2D eigenvalue weighted by Gasteiger charge is 2.27. The molecule has 1 unspecified atom stereocenters. The van der Waals surface area contributed by atoms with Crippen LogP contribution in [0.1, 0.15) is 30.4 Å². The summed E-state index contributed by atoms with van der Waals surface area (Å²) in [4.78, 5) is 18.3. The Bertz CT molecular complexity index is 755. The van der Waals surface area contributed by atoms with Gasteiger partial charge in [-0.2, -0.15) is 5.26 Å².